The van der Waals surface area contributed by atoms with Crippen LogP contribution in [0.3, 0.4) is 0 Å². The fourth-order valence-electron chi connectivity index (χ4n) is 4.84. The van der Waals surface area contributed by atoms with Crippen LogP contribution in [0.25, 0.3) is 0 Å². The minimum Gasteiger partial charge on any atom is -0.314 e. The molecule has 0 heterocycles. The Bertz CT molecular complexity index is 240. The quantitative estimate of drug-likeness (QED) is 0.777. The molecule has 2 saturated carbocycles. The lowest BCUT2D eigenvalue weighted by molar-refractivity contribution is 0.135. The zero-order valence-corrected chi connectivity index (χ0v) is 12.9. The summed E-state index contributed by atoms with van der Waals surface area (Å²) in [5.74, 6) is 4.86. The normalized spacial score (nSPS) is 45.3. The molecule has 18 heavy (non-hydrogen) atoms. The van der Waals surface area contributed by atoms with Crippen molar-refractivity contribution in [1.29, 1.82) is 0 Å². The molecule has 1 N–H and O–H groups in total. The molecule has 0 radical (unpaired) electrons. The first-order valence-corrected chi connectivity index (χ1v) is 8.35. The minimum atomic E-state index is 0.808. The molecule has 1 nitrogen and oxygen atoms in total. The maximum atomic E-state index is 3.77. The van der Waals surface area contributed by atoms with Crippen LogP contribution in [0.5, 0.6) is 0 Å². The standard InChI is InChI=1S/C17H33N/c1-5-8-18-17-7-6-16(14(17)4)15-10-12(2)9-13(3)11-15/h12-18H,5-11H2,1-4H3. The van der Waals surface area contributed by atoms with Crippen LogP contribution in [0, 0.1) is 29.6 Å². The highest BCUT2D eigenvalue weighted by molar-refractivity contribution is 4.92. The van der Waals surface area contributed by atoms with Crippen LogP contribution in [-0.4, -0.2) is 12.6 Å². The molecule has 2 rings (SSSR count). The smallest absolute Gasteiger partial charge is 0.00955 e. The third-order valence-corrected chi connectivity index (χ3v) is 5.60. The molecule has 0 amide bonds. The number of rotatable bonds is 4. The summed E-state index contributed by atoms with van der Waals surface area (Å²) in [6.07, 6.45) is 8.64. The Morgan fingerprint density at radius 1 is 0.944 bits per heavy atom. The van der Waals surface area contributed by atoms with Crippen molar-refractivity contribution in [2.24, 2.45) is 29.6 Å². The summed E-state index contributed by atoms with van der Waals surface area (Å²) in [6.45, 7) is 10.9. The van der Waals surface area contributed by atoms with Crippen molar-refractivity contribution in [2.75, 3.05) is 6.54 Å². The Hall–Kier alpha value is -0.0400. The Balaban J connectivity index is 1.89. The van der Waals surface area contributed by atoms with Crippen molar-refractivity contribution >= 4 is 0 Å². The summed E-state index contributed by atoms with van der Waals surface area (Å²) in [5.41, 5.74) is 0. The van der Waals surface area contributed by atoms with Gasteiger partial charge in [-0.25, -0.2) is 0 Å². The molecular weight excluding hydrogens is 218 g/mol. The largest absolute Gasteiger partial charge is 0.314 e. The zero-order valence-electron chi connectivity index (χ0n) is 12.9. The Morgan fingerprint density at radius 3 is 2.22 bits per heavy atom. The monoisotopic (exact) mass is 251 g/mol. The van der Waals surface area contributed by atoms with Crippen molar-refractivity contribution in [3.8, 4) is 0 Å². The highest BCUT2D eigenvalue weighted by atomic mass is 14.9. The van der Waals surface area contributed by atoms with Gasteiger partial charge in [-0.1, -0.05) is 27.7 Å². The van der Waals surface area contributed by atoms with Gasteiger partial charge in [0.1, 0.15) is 0 Å². The predicted octanol–water partition coefficient (Wildman–Crippen LogP) is 4.47. The second-order valence-corrected chi connectivity index (χ2v) is 7.34. The lowest BCUT2D eigenvalue weighted by Gasteiger charge is -2.37. The molecular formula is C17H33N. The third-order valence-electron chi connectivity index (χ3n) is 5.60. The van der Waals surface area contributed by atoms with Crippen molar-refractivity contribution in [2.45, 2.75) is 72.3 Å². The van der Waals surface area contributed by atoms with Crippen molar-refractivity contribution in [1.82, 2.24) is 5.32 Å². The highest BCUT2D eigenvalue weighted by Gasteiger charge is 2.39. The van der Waals surface area contributed by atoms with Gasteiger partial charge < -0.3 is 5.32 Å². The van der Waals surface area contributed by atoms with Crippen LogP contribution in [0.2, 0.25) is 0 Å². The van der Waals surface area contributed by atoms with Crippen LogP contribution >= 0.6 is 0 Å². The van der Waals surface area contributed by atoms with Gasteiger partial charge in [-0.3, -0.25) is 0 Å². The molecule has 2 aliphatic carbocycles. The van der Waals surface area contributed by atoms with Gasteiger partial charge in [0.2, 0.25) is 0 Å². The number of nitrogens with one attached hydrogen (secondary N) is 1. The summed E-state index contributed by atoms with van der Waals surface area (Å²) in [4.78, 5) is 0. The van der Waals surface area contributed by atoms with E-state index in [9.17, 15) is 0 Å². The van der Waals surface area contributed by atoms with E-state index in [4.69, 9.17) is 0 Å². The Kier molecular flexibility index (Phi) is 5.12. The van der Waals surface area contributed by atoms with Gasteiger partial charge in [0.05, 0.1) is 0 Å². The SMILES string of the molecule is CCCNC1CCC(C2CC(C)CC(C)C2)C1C. The van der Waals surface area contributed by atoms with Gasteiger partial charge in [0, 0.05) is 6.04 Å². The fourth-order valence-corrected chi connectivity index (χ4v) is 4.84. The average Bonchev–Trinajstić information content (AvgIpc) is 2.67. The van der Waals surface area contributed by atoms with Gasteiger partial charge >= 0.3 is 0 Å². The van der Waals surface area contributed by atoms with Crippen LogP contribution in [0.15, 0.2) is 0 Å². The molecule has 5 atom stereocenters. The Morgan fingerprint density at radius 2 is 1.61 bits per heavy atom. The van der Waals surface area contributed by atoms with E-state index in [1.165, 1.54) is 45.1 Å². The van der Waals surface area contributed by atoms with E-state index in [0.717, 1.165) is 35.6 Å². The lowest BCUT2D eigenvalue weighted by Crippen LogP contribution is -2.35. The fraction of sp³-hybridized carbons (Fsp3) is 1.00. The van der Waals surface area contributed by atoms with Crippen LogP contribution in [0.1, 0.15) is 66.2 Å². The van der Waals surface area contributed by atoms with Gasteiger partial charge in [-0.05, 0) is 74.7 Å². The van der Waals surface area contributed by atoms with Crippen molar-refractivity contribution < 1.29 is 0 Å². The summed E-state index contributed by atoms with van der Waals surface area (Å²) in [5, 5.41) is 3.77. The van der Waals surface area contributed by atoms with E-state index >= 15 is 0 Å². The highest BCUT2D eigenvalue weighted by Crippen LogP contribution is 2.45. The molecule has 0 aromatic heterocycles. The molecule has 0 bridgehead atoms. The molecule has 2 fully saturated rings. The predicted molar refractivity (Wildman–Crippen MR) is 79.6 cm³/mol. The average molecular weight is 251 g/mol. The van der Waals surface area contributed by atoms with E-state index in [1.807, 2.05) is 0 Å². The number of hydrogen-bond donors (Lipinski definition) is 1. The molecule has 5 unspecified atom stereocenters. The van der Waals surface area contributed by atoms with Crippen LogP contribution < -0.4 is 5.32 Å². The molecule has 0 spiro atoms. The third kappa shape index (κ3) is 3.29. The van der Waals surface area contributed by atoms with E-state index in [-0.39, 0.29) is 0 Å². The molecule has 0 aromatic carbocycles. The van der Waals surface area contributed by atoms with E-state index in [0.29, 0.717) is 0 Å². The molecule has 0 saturated heterocycles. The maximum Gasteiger partial charge on any atom is 0.00955 e. The molecule has 0 aliphatic heterocycles. The van der Waals surface area contributed by atoms with E-state index in [1.54, 1.807) is 0 Å². The van der Waals surface area contributed by atoms with E-state index < -0.39 is 0 Å². The summed E-state index contributed by atoms with van der Waals surface area (Å²) in [6, 6.07) is 0.808. The van der Waals surface area contributed by atoms with Crippen molar-refractivity contribution in [3.05, 3.63) is 0 Å². The second kappa shape index (κ2) is 6.41. The van der Waals surface area contributed by atoms with Gasteiger partial charge in [-0.15, -0.1) is 0 Å². The Labute approximate surface area is 114 Å². The molecule has 0 aromatic rings. The molecule has 2 aliphatic rings. The van der Waals surface area contributed by atoms with Crippen molar-refractivity contribution in [3.63, 3.8) is 0 Å². The maximum absolute atomic E-state index is 3.77. The van der Waals surface area contributed by atoms with Gasteiger partial charge in [0.25, 0.3) is 0 Å². The summed E-state index contributed by atoms with van der Waals surface area (Å²) < 4.78 is 0. The second-order valence-electron chi connectivity index (χ2n) is 7.34. The first-order chi connectivity index (χ1) is 8.61. The van der Waals surface area contributed by atoms with Gasteiger partial charge in [0.15, 0.2) is 0 Å². The topological polar surface area (TPSA) is 12.0 Å². The van der Waals surface area contributed by atoms with Gasteiger partial charge in [-0.2, -0.15) is 0 Å². The minimum absolute atomic E-state index is 0.808. The zero-order chi connectivity index (χ0) is 13.1. The lowest BCUT2D eigenvalue weighted by atomic mass is 9.69. The first-order valence-electron chi connectivity index (χ1n) is 8.35. The molecule has 106 valence electrons. The first kappa shape index (κ1) is 14.4. The summed E-state index contributed by atoms with van der Waals surface area (Å²) in [7, 11) is 0. The summed E-state index contributed by atoms with van der Waals surface area (Å²) >= 11 is 0. The number of hydrogen-bond acceptors (Lipinski definition) is 1. The van der Waals surface area contributed by atoms with Crippen LogP contribution in [-0.2, 0) is 0 Å². The molecule has 1 heteroatoms. The van der Waals surface area contributed by atoms with E-state index in [2.05, 4.69) is 33.0 Å². The van der Waals surface area contributed by atoms with Crippen LogP contribution in [0.4, 0.5) is 0 Å².